The van der Waals surface area contributed by atoms with Gasteiger partial charge in [-0.1, -0.05) is 41.9 Å². The van der Waals surface area contributed by atoms with E-state index in [0.29, 0.717) is 24.1 Å². The van der Waals surface area contributed by atoms with Gasteiger partial charge in [0.05, 0.1) is 23.3 Å². The number of phenols is 1. The molecule has 1 aliphatic carbocycles. The monoisotopic (exact) mass is 563 g/mol. The Hall–Kier alpha value is -3.06. The van der Waals surface area contributed by atoms with Crippen LogP contribution in [-0.4, -0.2) is 53.7 Å². The lowest BCUT2D eigenvalue weighted by molar-refractivity contribution is -0.0681. The Balaban J connectivity index is 1.19. The van der Waals surface area contributed by atoms with Crippen LogP contribution in [0.3, 0.4) is 0 Å². The Kier molecular flexibility index (Phi) is 8.69. The number of aliphatic hydroxyl groups excluding tert-OH is 1. The molecule has 3 aromatic carbocycles. The van der Waals surface area contributed by atoms with E-state index in [0.717, 1.165) is 72.5 Å². The molecule has 2 N–H and O–H groups in total. The highest BCUT2D eigenvalue weighted by molar-refractivity contribution is 6.32. The van der Waals surface area contributed by atoms with Gasteiger partial charge >= 0.3 is 0 Å². The van der Waals surface area contributed by atoms with Crippen LogP contribution in [0.5, 0.6) is 17.2 Å². The number of carbonyl (C=O) groups is 1. The highest BCUT2D eigenvalue weighted by atomic mass is 35.5. The van der Waals surface area contributed by atoms with Gasteiger partial charge in [0, 0.05) is 12.6 Å². The molecule has 40 heavy (non-hydrogen) atoms. The molecule has 5 rings (SSSR count). The number of carbonyl (C=O) groups excluding carboxylic acids is 1. The van der Waals surface area contributed by atoms with Gasteiger partial charge in [-0.05, 0) is 104 Å². The molecule has 6 nitrogen and oxygen atoms in total. The number of rotatable bonds is 10. The maximum atomic E-state index is 11.0. The van der Waals surface area contributed by atoms with Crippen molar-refractivity contribution in [2.45, 2.75) is 58.7 Å². The number of hydrogen-bond donors (Lipinski definition) is 2. The first kappa shape index (κ1) is 28.5. The molecule has 1 heterocycles. The van der Waals surface area contributed by atoms with E-state index in [1.165, 1.54) is 25.0 Å². The van der Waals surface area contributed by atoms with E-state index >= 15 is 0 Å². The van der Waals surface area contributed by atoms with Gasteiger partial charge < -0.3 is 24.6 Å². The SMILES string of the molecule is Cc1c(COc2cc(O)c(C=O)cc2Cl)cccc1-c1cccc(OCCCN2CCC3(CC2)CC(O)C3)c1C. The minimum atomic E-state index is -0.161. The predicted molar refractivity (Wildman–Crippen MR) is 158 cm³/mol. The van der Waals surface area contributed by atoms with E-state index in [4.69, 9.17) is 21.1 Å². The molecular formula is C33H38ClNO5. The van der Waals surface area contributed by atoms with Crippen molar-refractivity contribution < 1.29 is 24.5 Å². The number of hydrogen-bond acceptors (Lipinski definition) is 6. The summed E-state index contributed by atoms with van der Waals surface area (Å²) in [6, 6.07) is 15.1. The maximum Gasteiger partial charge on any atom is 0.153 e. The second-order valence-corrected chi connectivity index (χ2v) is 11.8. The summed E-state index contributed by atoms with van der Waals surface area (Å²) in [5.74, 6) is 1.07. The lowest BCUT2D eigenvalue weighted by atomic mass is 9.61. The average Bonchev–Trinajstić information content (AvgIpc) is 2.93. The molecule has 2 fully saturated rings. The highest BCUT2D eigenvalue weighted by Crippen LogP contribution is 2.49. The number of ether oxygens (including phenoxy) is 2. The summed E-state index contributed by atoms with van der Waals surface area (Å²) in [6.07, 6.45) is 5.87. The normalized spacial score (nSPS) is 17.0. The summed E-state index contributed by atoms with van der Waals surface area (Å²) >= 11 is 6.25. The van der Waals surface area contributed by atoms with E-state index in [1.807, 2.05) is 24.3 Å². The van der Waals surface area contributed by atoms with Crippen LogP contribution in [0.2, 0.25) is 5.02 Å². The number of aldehydes is 1. The molecule has 1 saturated carbocycles. The number of halogens is 1. The van der Waals surface area contributed by atoms with E-state index in [9.17, 15) is 15.0 Å². The lowest BCUT2D eigenvalue weighted by Gasteiger charge is -2.50. The third kappa shape index (κ3) is 6.14. The highest BCUT2D eigenvalue weighted by Gasteiger charge is 2.44. The van der Waals surface area contributed by atoms with Gasteiger partial charge in [0.2, 0.25) is 0 Å². The molecule has 212 valence electrons. The second kappa shape index (κ2) is 12.2. The molecule has 7 heteroatoms. The number of phenolic OH excluding ortho intramolecular Hbond substituents is 1. The number of aliphatic hydroxyl groups is 1. The summed E-state index contributed by atoms with van der Waals surface area (Å²) in [5, 5.41) is 20.0. The first-order valence-corrected chi connectivity index (χ1v) is 14.5. The summed E-state index contributed by atoms with van der Waals surface area (Å²) in [5.41, 5.74) is 5.97. The Morgan fingerprint density at radius 3 is 2.40 bits per heavy atom. The molecule has 0 bridgehead atoms. The number of nitrogens with zero attached hydrogens (tertiary/aromatic N) is 1. The van der Waals surface area contributed by atoms with E-state index < -0.39 is 0 Å². The summed E-state index contributed by atoms with van der Waals surface area (Å²) in [6.45, 7) is 8.40. The van der Waals surface area contributed by atoms with Crippen molar-refractivity contribution >= 4 is 17.9 Å². The number of aromatic hydroxyl groups is 1. The van der Waals surface area contributed by atoms with Gasteiger partial charge in [0.15, 0.2) is 6.29 Å². The van der Waals surface area contributed by atoms with Crippen LogP contribution in [0, 0.1) is 19.3 Å². The maximum absolute atomic E-state index is 11.0. The molecule has 1 aliphatic heterocycles. The van der Waals surface area contributed by atoms with Crippen LogP contribution in [0.4, 0.5) is 0 Å². The molecule has 0 unspecified atom stereocenters. The van der Waals surface area contributed by atoms with Crippen LogP contribution in [-0.2, 0) is 6.61 Å². The number of piperidine rings is 1. The first-order valence-electron chi connectivity index (χ1n) is 14.1. The Morgan fingerprint density at radius 1 is 1.00 bits per heavy atom. The summed E-state index contributed by atoms with van der Waals surface area (Å²) in [7, 11) is 0. The van der Waals surface area contributed by atoms with Crippen LogP contribution >= 0.6 is 11.6 Å². The average molecular weight is 564 g/mol. The van der Waals surface area contributed by atoms with Crippen LogP contribution < -0.4 is 9.47 Å². The molecule has 0 aromatic heterocycles. The quantitative estimate of drug-likeness (QED) is 0.210. The van der Waals surface area contributed by atoms with Crippen molar-refractivity contribution in [2.24, 2.45) is 5.41 Å². The molecule has 1 saturated heterocycles. The van der Waals surface area contributed by atoms with Gasteiger partial charge in [0.1, 0.15) is 23.9 Å². The van der Waals surface area contributed by atoms with Crippen LogP contribution in [0.1, 0.15) is 59.2 Å². The van der Waals surface area contributed by atoms with Crippen molar-refractivity contribution in [3.63, 3.8) is 0 Å². The van der Waals surface area contributed by atoms with Gasteiger partial charge in [-0.15, -0.1) is 0 Å². The van der Waals surface area contributed by atoms with Crippen molar-refractivity contribution in [1.29, 1.82) is 0 Å². The largest absolute Gasteiger partial charge is 0.507 e. The van der Waals surface area contributed by atoms with Gasteiger partial charge in [-0.25, -0.2) is 0 Å². The second-order valence-electron chi connectivity index (χ2n) is 11.4. The molecule has 3 aromatic rings. The summed E-state index contributed by atoms with van der Waals surface area (Å²) < 4.78 is 12.2. The third-order valence-electron chi connectivity index (χ3n) is 8.74. The zero-order valence-electron chi connectivity index (χ0n) is 23.3. The minimum absolute atomic E-state index is 0.0684. The fourth-order valence-corrected chi connectivity index (χ4v) is 6.41. The van der Waals surface area contributed by atoms with Crippen molar-refractivity contribution in [1.82, 2.24) is 4.90 Å². The predicted octanol–water partition coefficient (Wildman–Crippen LogP) is 6.73. The summed E-state index contributed by atoms with van der Waals surface area (Å²) in [4.78, 5) is 13.6. The third-order valence-corrected chi connectivity index (χ3v) is 9.04. The fourth-order valence-electron chi connectivity index (χ4n) is 6.18. The smallest absolute Gasteiger partial charge is 0.153 e. The molecule has 0 atom stereocenters. The molecule has 0 amide bonds. The van der Waals surface area contributed by atoms with Gasteiger partial charge in [0.25, 0.3) is 0 Å². The Bertz CT molecular complexity index is 1360. The fraction of sp³-hybridized carbons (Fsp3) is 0.424. The topological polar surface area (TPSA) is 79.2 Å². The van der Waals surface area contributed by atoms with Crippen molar-refractivity contribution in [3.8, 4) is 28.4 Å². The van der Waals surface area contributed by atoms with Crippen molar-refractivity contribution in [3.05, 3.63) is 75.8 Å². The van der Waals surface area contributed by atoms with E-state index in [-0.39, 0.29) is 29.0 Å². The van der Waals surface area contributed by atoms with Crippen LogP contribution in [0.15, 0.2) is 48.5 Å². The Labute approximate surface area is 241 Å². The zero-order valence-corrected chi connectivity index (χ0v) is 24.0. The van der Waals surface area contributed by atoms with Crippen LogP contribution in [0.25, 0.3) is 11.1 Å². The lowest BCUT2D eigenvalue weighted by Crippen LogP contribution is -2.49. The standard InChI is InChI=1S/C33H38ClNO5/c1-22-24(21-40-32-17-30(38)25(20-36)16-29(32)34)6-3-7-27(22)28-8-4-9-31(23(28)2)39-15-5-12-35-13-10-33(11-14-35)18-26(37)19-33/h3-4,6-9,16-17,20,26,37-38H,5,10-15,18-19,21H2,1-2H3. The van der Waals surface area contributed by atoms with Crippen molar-refractivity contribution in [2.75, 3.05) is 26.2 Å². The van der Waals surface area contributed by atoms with E-state index in [1.54, 1.807) is 0 Å². The number of benzene rings is 3. The zero-order chi connectivity index (χ0) is 28.3. The molecule has 0 radical (unpaired) electrons. The molecule has 1 spiro atoms. The number of likely N-dealkylation sites (tertiary alicyclic amines) is 1. The van der Waals surface area contributed by atoms with Gasteiger partial charge in [-0.2, -0.15) is 0 Å². The van der Waals surface area contributed by atoms with E-state index in [2.05, 4.69) is 30.9 Å². The van der Waals surface area contributed by atoms with Gasteiger partial charge in [-0.3, -0.25) is 4.79 Å². The Morgan fingerprint density at radius 2 is 1.70 bits per heavy atom. The minimum Gasteiger partial charge on any atom is -0.507 e. The molecular weight excluding hydrogens is 526 g/mol. The molecule has 2 aliphatic rings. The first-order chi connectivity index (χ1) is 19.3.